The van der Waals surface area contributed by atoms with E-state index in [4.69, 9.17) is 10.1 Å². The van der Waals surface area contributed by atoms with Crippen LogP contribution in [0, 0.1) is 26.8 Å². The molecule has 5 heteroatoms. The Kier molecular flexibility index (Phi) is 7.84. The Hall–Kier alpha value is -3.40. The fourth-order valence-corrected chi connectivity index (χ4v) is 4.28. The van der Waals surface area contributed by atoms with E-state index in [9.17, 15) is 9.59 Å². The number of nitrogens with zero attached hydrogens (tertiary/aromatic N) is 1. The second kappa shape index (κ2) is 10.5. The smallest absolute Gasteiger partial charge is 0.194 e. The summed E-state index contributed by atoms with van der Waals surface area (Å²) in [5, 5.41) is 9.41. The zero-order valence-corrected chi connectivity index (χ0v) is 22.7. The third-order valence-electron chi connectivity index (χ3n) is 5.62. The molecule has 3 aromatic carbocycles. The van der Waals surface area contributed by atoms with Gasteiger partial charge in [0.25, 0.3) is 0 Å². The van der Waals surface area contributed by atoms with Crippen molar-refractivity contribution in [1.82, 2.24) is 4.98 Å². The van der Waals surface area contributed by atoms with E-state index in [1.165, 1.54) is 25.5 Å². The van der Waals surface area contributed by atoms with Crippen LogP contribution in [0.2, 0.25) is 0 Å². The predicted molar refractivity (Wildman–Crippen MR) is 136 cm³/mol. The first-order valence-electron chi connectivity index (χ1n) is 11.1. The monoisotopic (exact) mass is 641 g/mol. The van der Waals surface area contributed by atoms with Gasteiger partial charge in [0.15, 0.2) is 11.6 Å². The molecule has 0 fully saturated rings. The predicted octanol–water partition coefficient (Wildman–Crippen LogP) is 6.87. The van der Waals surface area contributed by atoms with E-state index in [1.807, 2.05) is 31.2 Å². The van der Waals surface area contributed by atoms with Crippen molar-refractivity contribution in [1.29, 1.82) is 0 Å². The molecule has 0 spiro atoms. The third kappa shape index (κ3) is 5.64. The Morgan fingerprint density at radius 1 is 0.857 bits per heavy atom. The van der Waals surface area contributed by atoms with Crippen molar-refractivity contribution in [2.24, 2.45) is 0 Å². The van der Waals surface area contributed by atoms with Gasteiger partial charge in [-0.2, -0.15) is 0 Å². The van der Waals surface area contributed by atoms with Gasteiger partial charge in [-0.1, -0.05) is 49.7 Å². The van der Waals surface area contributed by atoms with Gasteiger partial charge in [-0.15, -0.1) is 34.9 Å². The molecule has 1 heterocycles. The van der Waals surface area contributed by atoms with Crippen LogP contribution in [0.25, 0.3) is 33.3 Å². The van der Waals surface area contributed by atoms with Crippen molar-refractivity contribution in [2.75, 3.05) is 0 Å². The summed E-state index contributed by atoms with van der Waals surface area (Å²) in [6.45, 7) is 9.03. The third-order valence-corrected chi connectivity index (χ3v) is 5.62. The van der Waals surface area contributed by atoms with Crippen molar-refractivity contribution in [3.63, 3.8) is 0 Å². The molecule has 5 rings (SSSR count). The number of benzene rings is 3. The molecule has 0 bridgehead atoms. The van der Waals surface area contributed by atoms with E-state index < -0.39 is 0 Å². The first-order chi connectivity index (χ1) is 16.1. The molecule has 1 aliphatic carbocycles. The second-order valence-corrected chi connectivity index (χ2v) is 8.82. The van der Waals surface area contributed by atoms with Crippen LogP contribution >= 0.6 is 0 Å². The minimum Gasteiger partial charge on any atom is -0.512 e. The van der Waals surface area contributed by atoms with Crippen LogP contribution in [-0.2, 0) is 24.9 Å². The number of rotatable bonds is 2. The topological polar surface area (TPSA) is 67.3 Å². The van der Waals surface area contributed by atoms with Gasteiger partial charge in [0, 0.05) is 37.3 Å². The number of hydrogen-bond donors (Lipinski definition) is 1. The molecule has 4 nitrogen and oxygen atoms in total. The Bertz CT molecular complexity index is 1480. The molecule has 0 atom stereocenters. The minimum atomic E-state index is -0.125. The summed E-state index contributed by atoms with van der Waals surface area (Å²) >= 11 is 0. The first kappa shape index (κ1) is 26.2. The quantitative estimate of drug-likeness (QED) is 0.130. The summed E-state index contributed by atoms with van der Waals surface area (Å²) in [5.74, 6) is 0.0274. The number of carbonyl (C=O) groups is 2. The molecule has 0 saturated heterocycles. The number of ketones is 2. The summed E-state index contributed by atoms with van der Waals surface area (Å²) in [6, 6.07) is 21.8. The van der Waals surface area contributed by atoms with E-state index in [0.717, 1.165) is 55.5 Å². The zero-order chi connectivity index (χ0) is 24.6. The maximum atomic E-state index is 12.9. The number of aryl methyl sites for hydroxylation is 3. The standard InChI is InChI=1S/C25H18NO.C5H8O2.Ir/c1-14-4-6-19-20(11-14)21-12-17-5-7-23(18-9-15(2)8-16(3)10-18)26-24(17)13-22(21)25(19)27;1-4(6)3-5(2)7;/h4-9,11-13H,1-3H3;3,6H,1-2H3;/q-1;;/b;4-3-;. The maximum absolute atomic E-state index is 12.9. The van der Waals surface area contributed by atoms with Crippen LogP contribution in [0.1, 0.15) is 46.5 Å². The molecule has 35 heavy (non-hydrogen) atoms. The van der Waals surface area contributed by atoms with Gasteiger partial charge in [0.1, 0.15) is 0 Å². The zero-order valence-electron chi connectivity index (χ0n) is 20.3. The van der Waals surface area contributed by atoms with Crippen LogP contribution in [0.15, 0.2) is 66.4 Å². The molecule has 1 radical (unpaired) electrons. The van der Waals surface area contributed by atoms with Crippen LogP contribution in [0.4, 0.5) is 0 Å². The summed E-state index contributed by atoms with van der Waals surface area (Å²) in [6.07, 6.45) is 1.17. The summed E-state index contributed by atoms with van der Waals surface area (Å²) in [4.78, 5) is 27.7. The number of aliphatic hydroxyl groups excluding tert-OH is 1. The van der Waals surface area contributed by atoms with Gasteiger partial charge < -0.3 is 5.11 Å². The van der Waals surface area contributed by atoms with Crippen LogP contribution < -0.4 is 0 Å². The second-order valence-electron chi connectivity index (χ2n) is 8.82. The van der Waals surface area contributed by atoms with Gasteiger partial charge in [-0.05, 0) is 55.1 Å². The van der Waals surface area contributed by atoms with Crippen LogP contribution in [-0.4, -0.2) is 21.7 Å². The van der Waals surface area contributed by atoms with Crippen molar-refractivity contribution in [3.05, 3.63) is 100 Å². The van der Waals surface area contributed by atoms with Crippen LogP contribution in [0.5, 0.6) is 0 Å². The molecule has 1 aromatic heterocycles. The molecule has 179 valence electrons. The van der Waals surface area contributed by atoms with Crippen molar-refractivity contribution in [3.8, 4) is 22.4 Å². The van der Waals surface area contributed by atoms with Crippen LogP contribution in [0.3, 0.4) is 0 Å². The summed E-state index contributed by atoms with van der Waals surface area (Å²) in [7, 11) is 0. The Morgan fingerprint density at radius 2 is 1.57 bits per heavy atom. The normalized spacial score (nSPS) is 11.8. The minimum absolute atomic E-state index is 0. The number of allylic oxidation sites excluding steroid dienone is 2. The number of carbonyl (C=O) groups excluding carboxylic acids is 2. The average molecular weight is 641 g/mol. The van der Waals surface area contributed by atoms with Gasteiger partial charge >= 0.3 is 0 Å². The van der Waals surface area contributed by atoms with Crippen molar-refractivity contribution < 1.29 is 34.8 Å². The molecule has 0 amide bonds. The molecule has 4 aromatic rings. The molecule has 1 N–H and O–H groups in total. The summed E-state index contributed by atoms with van der Waals surface area (Å²) < 4.78 is 0. The largest absolute Gasteiger partial charge is 0.512 e. The van der Waals surface area contributed by atoms with Gasteiger partial charge in [-0.25, -0.2) is 0 Å². The molecular weight excluding hydrogens is 615 g/mol. The Morgan fingerprint density at radius 3 is 2.20 bits per heavy atom. The van der Waals surface area contributed by atoms with Gasteiger partial charge in [0.2, 0.25) is 0 Å². The Labute approximate surface area is 219 Å². The number of hydrogen-bond acceptors (Lipinski definition) is 4. The molecule has 0 saturated carbocycles. The first-order valence-corrected chi connectivity index (χ1v) is 11.1. The number of fused-ring (bicyclic) bond motifs is 4. The molecule has 1 aliphatic rings. The molecule has 0 unspecified atom stereocenters. The number of aliphatic hydroxyl groups is 1. The fourth-order valence-electron chi connectivity index (χ4n) is 4.28. The van der Waals surface area contributed by atoms with Gasteiger partial charge in [0.05, 0.1) is 11.3 Å². The summed E-state index contributed by atoms with van der Waals surface area (Å²) in [5.41, 5.74) is 9.74. The van der Waals surface area contributed by atoms with E-state index in [1.54, 1.807) is 0 Å². The molecular formula is C30H26IrNO3-. The Balaban J connectivity index is 0.000000378. The van der Waals surface area contributed by atoms with Crippen molar-refractivity contribution >= 4 is 22.5 Å². The van der Waals surface area contributed by atoms with E-state index >= 15 is 0 Å². The van der Waals surface area contributed by atoms with Gasteiger partial charge in [-0.3, -0.25) is 14.6 Å². The number of aromatic nitrogens is 1. The average Bonchev–Trinajstić information content (AvgIpc) is 3.01. The SMILES string of the molecule is CC(=O)/C=C(/C)O.Cc1[c-]c(-c2ccc3cc4c(cc3n2)C(=O)c2ccc(C)cc2-4)cc(C)c1.[Ir]. The van der Waals surface area contributed by atoms with E-state index in [2.05, 4.69) is 50.2 Å². The van der Waals surface area contributed by atoms with Crippen molar-refractivity contribution in [2.45, 2.75) is 34.6 Å². The van der Waals surface area contributed by atoms with E-state index in [-0.39, 0.29) is 37.4 Å². The molecule has 0 aliphatic heterocycles. The number of pyridine rings is 1. The fraction of sp³-hybridized carbons (Fsp3) is 0.167. The maximum Gasteiger partial charge on any atom is 0.194 e. The van der Waals surface area contributed by atoms with E-state index in [0.29, 0.717) is 0 Å².